The molecule has 1 N–H and O–H groups in total. The lowest BCUT2D eigenvalue weighted by Crippen LogP contribution is -2.05. The number of hydrogen-bond acceptors (Lipinski definition) is 5. The van der Waals surface area contributed by atoms with Crippen molar-refractivity contribution in [2.45, 2.75) is 31.0 Å². The van der Waals surface area contributed by atoms with Gasteiger partial charge in [-0.1, -0.05) is 16.9 Å². The SMILES string of the molecule is CCOc1nnc(SCC(=O)O)n1C1CC1. The Bertz CT molecular complexity index is 389. The number of ether oxygens (including phenoxy) is 1. The first-order valence-electron chi connectivity index (χ1n) is 5.14. The number of carboxylic acid groups (broad SMARTS) is 1. The maximum atomic E-state index is 10.5. The van der Waals surface area contributed by atoms with E-state index < -0.39 is 5.97 Å². The first kappa shape index (κ1) is 11.3. The first-order valence-corrected chi connectivity index (χ1v) is 6.13. The summed E-state index contributed by atoms with van der Waals surface area (Å²) >= 11 is 1.18. The molecule has 6 nitrogen and oxygen atoms in total. The summed E-state index contributed by atoms with van der Waals surface area (Å²) in [7, 11) is 0. The van der Waals surface area contributed by atoms with Gasteiger partial charge >= 0.3 is 12.0 Å². The van der Waals surface area contributed by atoms with Crippen LogP contribution in [0.25, 0.3) is 0 Å². The smallest absolute Gasteiger partial charge is 0.317 e. The van der Waals surface area contributed by atoms with Crippen LogP contribution in [-0.4, -0.2) is 38.2 Å². The maximum absolute atomic E-state index is 10.5. The maximum Gasteiger partial charge on any atom is 0.317 e. The molecule has 16 heavy (non-hydrogen) atoms. The quantitative estimate of drug-likeness (QED) is 0.756. The van der Waals surface area contributed by atoms with Gasteiger partial charge in [0.15, 0.2) is 5.16 Å². The standard InChI is InChI=1S/C9H13N3O3S/c1-2-15-8-10-11-9(16-5-7(13)14)12(8)6-3-4-6/h6H,2-5H2,1H3,(H,13,14). The lowest BCUT2D eigenvalue weighted by molar-refractivity contribution is -0.133. The van der Waals surface area contributed by atoms with E-state index in [1.54, 1.807) is 0 Å². The van der Waals surface area contributed by atoms with Crippen LogP contribution in [0.5, 0.6) is 6.01 Å². The number of carboxylic acids is 1. The van der Waals surface area contributed by atoms with Gasteiger partial charge in [-0.15, -0.1) is 5.10 Å². The molecule has 0 atom stereocenters. The van der Waals surface area contributed by atoms with E-state index >= 15 is 0 Å². The second-order valence-corrected chi connectivity index (χ2v) is 4.42. The van der Waals surface area contributed by atoms with Crippen molar-refractivity contribution in [2.24, 2.45) is 0 Å². The second-order valence-electron chi connectivity index (χ2n) is 3.48. The fourth-order valence-corrected chi connectivity index (χ4v) is 2.08. The van der Waals surface area contributed by atoms with Gasteiger partial charge in [0.1, 0.15) is 0 Å². The molecular formula is C9H13N3O3S. The van der Waals surface area contributed by atoms with Crippen molar-refractivity contribution in [1.29, 1.82) is 0 Å². The summed E-state index contributed by atoms with van der Waals surface area (Å²) in [4.78, 5) is 10.5. The van der Waals surface area contributed by atoms with Crippen LogP contribution in [0.1, 0.15) is 25.8 Å². The number of carbonyl (C=O) groups is 1. The predicted molar refractivity (Wildman–Crippen MR) is 57.8 cm³/mol. The molecule has 1 fully saturated rings. The molecule has 1 heterocycles. The van der Waals surface area contributed by atoms with E-state index in [0.717, 1.165) is 12.8 Å². The Morgan fingerprint density at radius 3 is 2.94 bits per heavy atom. The predicted octanol–water partition coefficient (Wildman–Crippen LogP) is 1.19. The number of hydrogen-bond donors (Lipinski definition) is 1. The van der Waals surface area contributed by atoms with E-state index in [0.29, 0.717) is 23.8 Å². The lowest BCUT2D eigenvalue weighted by Gasteiger charge is -2.07. The minimum atomic E-state index is -0.853. The van der Waals surface area contributed by atoms with Gasteiger partial charge in [0.2, 0.25) is 0 Å². The Hall–Kier alpha value is -1.24. The largest absolute Gasteiger partial charge is 0.481 e. The number of rotatable bonds is 6. The van der Waals surface area contributed by atoms with Gasteiger partial charge in [0.05, 0.1) is 12.4 Å². The summed E-state index contributed by atoms with van der Waals surface area (Å²) in [6.45, 7) is 2.42. The molecule has 0 radical (unpaired) electrons. The zero-order valence-corrected chi connectivity index (χ0v) is 9.74. The highest BCUT2D eigenvalue weighted by Gasteiger charge is 2.30. The van der Waals surface area contributed by atoms with Crippen molar-refractivity contribution in [2.75, 3.05) is 12.4 Å². The van der Waals surface area contributed by atoms with Crippen LogP contribution in [-0.2, 0) is 4.79 Å². The minimum absolute atomic E-state index is 0.00300. The molecule has 0 bridgehead atoms. The zero-order chi connectivity index (χ0) is 11.5. The van der Waals surface area contributed by atoms with Gasteiger partial charge in [-0.05, 0) is 19.8 Å². The summed E-state index contributed by atoms with van der Waals surface area (Å²) in [5.74, 6) is -0.856. The van der Waals surface area contributed by atoms with Crippen molar-refractivity contribution in [3.05, 3.63) is 0 Å². The van der Waals surface area contributed by atoms with Crippen LogP contribution in [0.3, 0.4) is 0 Å². The van der Waals surface area contributed by atoms with Gasteiger partial charge in [-0.3, -0.25) is 9.36 Å². The van der Waals surface area contributed by atoms with Gasteiger partial charge in [0.25, 0.3) is 0 Å². The van der Waals surface area contributed by atoms with Gasteiger partial charge < -0.3 is 9.84 Å². The highest BCUT2D eigenvalue weighted by Crippen LogP contribution is 2.40. The first-order chi connectivity index (χ1) is 7.72. The molecule has 1 aliphatic rings. The molecule has 1 aliphatic carbocycles. The monoisotopic (exact) mass is 243 g/mol. The summed E-state index contributed by atoms with van der Waals surface area (Å²) in [6, 6.07) is 0.880. The molecule has 0 saturated heterocycles. The lowest BCUT2D eigenvalue weighted by atomic mass is 10.7. The fourth-order valence-electron chi connectivity index (χ4n) is 1.36. The van der Waals surface area contributed by atoms with Crippen molar-refractivity contribution in [3.63, 3.8) is 0 Å². The van der Waals surface area contributed by atoms with Crippen LogP contribution in [0.15, 0.2) is 5.16 Å². The van der Waals surface area contributed by atoms with Gasteiger partial charge in [-0.2, -0.15) is 0 Å². The molecule has 0 aromatic carbocycles. The third kappa shape index (κ3) is 2.46. The molecule has 0 unspecified atom stereocenters. The number of aliphatic carboxylic acids is 1. The second kappa shape index (κ2) is 4.73. The molecule has 0 aliphatic heterocycles. The highest BCUT2D eigenvalue weighted by molar-refractivity contribution is 7.99. The molecule has 1 aromatic heterocycles. The molecule has 0 amide bonds. The third-order valence-electron chi connectivity index (χ3n) is 2.14. The van der Waals surface area contributed by atoms with Crippen LogP contribution >= 0.6 is 11.8 Å². The van der Waals surface area contributed by atoms with E-state index in [9.17, 15) is 4.79 Å². The Labute approximate surface area is 97.0 Å². The van der Waals surface area contributed by atoms with Gasteiger partial charge in [-0.25, -0.2) is 0 Å². The molecule has 88 valence electrons. The number of aromatic nitrogens is 3. The van der Waals surface area contributed by atoms with E-state index in [-0.39, 0.29) is 5.75 Å². The normalized spacial score (nSPS) is 15.1. The van der Waals surface area contributed by atoms with Crippen molar-refractivity contribution in [3.8, 4) is 6.01 Å². The van der Waals surface area contributed by atoms with E-state index in [4.69, 9.17) is 9.84 Å². The minimum Gasteiger partial charge on any atom is -0.481 e. The zero-order valence-electron chi connectivity index (χ0n) is 8.92. The van der Waals surface area contributed by atoms with Crippen LogP contribution in [0.2, 0.25) is 0 Å². The Morgan fingerprint density at radius 1 is 1.62 bits per heavy atom. The number of nitrogens with zero attached hydrogens (tertiary/aromatic N) is 3. The topological polar surface area (TPSA) is 77.2 Å². The Balaban J connectivity index is 2.13. The van der Waals surface area contributed by atoms with Crippen molar-refractivity contribution >= 4 is 17.7 Å². The average molecular weight is 243 g/mol. The van der Waals surface area contributed by atoms with E-state index in [1.165, 1.54) is 11.8 Å². The summed E-state index contributed by atoms with van der Waals surface area (Å²) in [5, 5.41) is 17.1. The molecule has 7 heteroatoms. The molecule has 1 aromatic rings. The van der Waals surface area contributed by atoms with E-state index in [2.05, 4.69) is 10.2 Å². The van der Waals surface area contributed by atoms with Crippen molar-refractivity contribution < 1.29 is 14.6 Å². The summed E-state index contributed by atoms with van der Waals surface area (Å²) < 4.78 is 7.25. The number of thioether (sulfide) groups is 1. The Kier molecular flexibility index (Phi) is 3.33. The van der Waals surface area contributed by atoms with Crippen LogP contribution in [0, 0.1) is 0 Å². The Morgan fingerprint density at radius 2 is 2.38 bits per heavy atom. The van der Waals surface area contributed by atoms with Crippen LogP contribution in [0.4, 0.5) is 0 Å². The van der Waals surface area contributed by atoms with Gasteiger partial charge in [0, 0.05) is 6.04 Å². The molecule has 1 saturated carbocycles. The van der Waals surface area contributed by atoms with E-state index in [1.807, 2.05) is 11.5 Å². The molecular weight excluding hydrogens is 230 g/mol. The van der Waals surface area contributed by atoms with Crippen LogP contribution < -0.4 is 4.74 Å². The fraction of sp³-hybridized carbons (Fsp3) is 0.667. The summed E-state index contributed by atoms with van der Waals surface area (Å²) in [6.07, 6.45) is 2.16. The molecule has 2 rings (SSSR count). The third-order valence-corrected chi connectivity index (χ3v) is 3.07. The molecule has 0 spiro atoms. The average Bonchev–Trinajstić information content (AvgIpc) is 2.99. The van der Waals surface area contributed by atoms with Crippen molar-refractivity contribution in [1.82, 2.24) is 14.8 Å². The highest BCUT2D eigenvalue weighted by atomic mass is 32.2. The summed E-state index contributed by atoms with van der Waals surface area (Å²) in [5.41, 5.74) is 0.